The molecule has 0 aromatic rings. The fourth-order valence-electron chi connectivity index (χ4n) is 4.63. The van der Waals surface area contributed by atoms with Crippen molar-refractivity contribution in [1.82, 2.24) is 0 Å². The minimum atomic E-state index is 1.01. The van der Waals surface area contributed by atoms with Crippen LogP contribution < -0.4 is 0 Å². The van der Waals surface area contributed by atoms with Gasteiger partial charge in [-0.2, -0.15) is 0 Å². The van der Waals surface area contributed by atoms with Crippen LogP contribution in [0.1, 0.15) is 163 Å². The van der Waals surface area contributed by atoms with Gasteiger partial charge < -0.3 is 0 Å². The molecule has 0 aliphatic heterocycles. The second-order valence-electron chi connectivity index (χ2n) is 9.34. The van der Waals surface area contributed by atoms with Crippen LogP contribution in [0.2, 0.25) is 0 Å². The van der Waals surface area contributed by atoms with Gasteiger partial charge in [0.2, 0.25) is 0 Å². The van der Waals surface area contributed by atoms with E-state index in [0.717, 1.165) is 11.8 Å². The Morgan fingerprint density at radius 1 is 0.370 bits per heavy atom. The van der Waals surface area contributed by atoms with E-state index in [1.165, 1.54) is 135 Å². The molecule has 0 heteroatoms. The van der Waals surface area contributed by atoms with Gasteiger partial charge in [-0.15, -0.1) is 0 Å². The average Bonchev–Trinajstić information content (AvgIpc) is 2.69. The minimum absolute atomic E-state index is 1.01. The second-order valence-corrected chi connectivity index (χ2v) is 9.34. The third kappa shape index (κ3) is 19.1. The zero-order valence-electron chi connectivity index (χ0n) is 20.0. The van der Waals surface area contributed by atoms with Crippen LogP contribution in [0, 0.1) is 11.8 Å². The highest BCUT2D eigenvalue weighted by molar-refractivity contribution is 4.68. The first-order valence-corrected chi connectivity index (χ1v) is 13.3. The topological polar surface area (TPSA) is 0 Å². The fourth-order valence-corrected chi connectivity index (χ4v) is 4.63. The molecule has 0 heterocycles. The third-order valence-corrected chi connectivity index (χ3v) is 6.64. The van der Waals surface area contributed by atoms with Gasteiger partial charge in [-0.25, -0.2) is 0 Å². The smallest absolute Gasteiger partial charge is 0.0412 e. The maximum absolute atomic E-state index is 2.45. The molecule has 0 N–H and O–H groups in total. The van der Waals surface area contributed by atoms with Crippen LogP contribution in [0.15, 0.2) is 0 Å². The average molecular weight is 381 g/mol. The van der Waals surface area contributed by atoms with Crippen molar-refractivity contribution in [1.29, 1.82) is 0 Å². The van der Waals surface area contributed by atoms with Crippen LogP contribution in [-0.4, -0.2) is 0 Å². The Morgan fingerprint density at radius 2 is 0.704 bits per heavy atom. The predicted octanol–water partition coefficient (Wildman–Crippen LogP) is 10.5. The molecule has 0 aliphatic rings. The molecular formula is C27H56. The summed E-state index contributed by atoms with van der Waals surface area (Å²) in [6, 6.07) is 0. The molecule has 0 radical (unpaired) electrons. The van der Waals surface area contributed by atoms with Gasteiger partial charge in [0.05, 0.1) is 0 Å². The number of rotatable bonds is 22. The van der Waals surface area contributed by atoms with E-state index >= 15 is 0 Å². The molecule has 0 fully saturated rings. The van der Waals surface area contributed by atoms with Crippen molar-refractivity contribution in [3.63, 3.8) is 0 Å². The third-order valence-electron chi connectivity index (χ3n) is 6.64. The number of hydrogen-bond donors (Lipinski definition) is 0. The van der Waals surface area contributed by atoms with E-state index in [4.69, 9.17) is 0 Å². The lowest BCUT2D eigenvalue weighted by atomic mass is 9.83. The second kappa shape index (κ2) is 22.3. The first kappa shape index (κ1) is 27.0. The summed E-state index contributed by atoms with van der Waals surface area (Å²) in [6.45, 7) is 9.42. The summed E-state index contributed by atoms with van der Waals surface area (Å²) in [7, 11) is 0. The van der Waals surface area contributed by atoms with Gasteiger partial charge in [0.15, 0.2) is 0 Å². The largest absolute Gasteiger partial charge is 0.0654 e. The molecule has 2 atom stereocenters. The Bertz CT molecular complexity index is 257. The van der Waals surface area contributed by atoms with Crippen molar-refractivity contribution < 1.29 is 0 Å². The van der Waals surface area contributed by atoms with Gasteiger partial charge in [-0.1, -0.05) is 156 Å². The van der Waals surface area contributed by atoms with Crippen molar-refractivity contribution in [3.05, 3.63) is 0 Å². The lowest BCUT2D eigenvalue weighted by Gasteiger charge is -2.23. The molecule has 0 rings (SSSR count). The Labute approximate surface area is 174 Å². The van der Waals surface area contributed by atoms with E-state index < -0.39 is 0 Å². The zero-order valence-corrected chi connectivity index (χ0v) is 20.0. The summed E-state index contributed by atoms with van der Waals surface area (Å²) in [5.74, 6) is 2.03. The van der Waals surface area contributed by atoms with Crippen LogP contribution in [0.25, 0.3) is 0 Å². The van der Waals surface area contributed by atoms with Gasteiger partial charge in [0.25, 0.3) is 0 Å². The molecule has 0 saturated carbocycles. The molecule has 2 unspecified atom stereocenters. The van der Waals surface area contributed by atoms with Crippen molar-refractivity contribution >= 4 is 0 Å². The van der Waals surface area contributed by atoms with Crippen molar-refractivity contribution in [3.8, 4) is 0 Å². The number of hydrogen-bond acceptors (Lipinski definition) is 0. The molecule has 0 bridgehead atoms. The quantitative estimate of drug-likeness (QED) is 0.164. The summed E-state index contributed by atoms with van der Waals surface area (Å²) in [5.41, 5.74) is 0. The van der Waals surface area contributed by atoms with Crippen molar-refractivity contribution in [2.24, 2.45) is 11.8 Å². The Hall–Kier alpha value is 0. The van der Waals surface area contributed by atoms with Gasteiger partial charge >= 0.3 is 0 Å². The SMILES string of the molecule is CCCCCCCCC(CC)CC(CCCCCC)CCCCCCCC. The number of unbranched alkanes of at least 4 members (excludes halogenated alkanes) is 13. The summed E-state index contributed by atoms with van der Waals surface area (Å²) in [5, 5.41) is 0. The van der Waals surface area contributed by atoms with Gasteiger partial charge in [-0.05, 0) is 18.3 Å². The summed E-state index contributed by atoms with van der Waals surface area (Å²) < 4.78 is 0. The van der Waals surface area contributed by atoms with Gasteiger partial charge in [0.1, 0.15) is 0 Å². The van der Waals surface area contributed by atoms with Crippen LogP contribution >= 0.6 is 0 Å². The fraction of sp³-hybridized carbons (Fsp3) is 1.00. The summed E-state index contributed by atoms with van der Waals surface area (Å²) in [6.07, 6.45) is 30.7. The highest BCUT2D eigenvalue weighted by Crippen LogP contribution is 2.29. The van der Waals surface area contributed by atoms with Gasteiger partial charge in [-0.3, -0.25) is 0 Å². The molecule has 0 nitrogen and oxygen atoms in total. The first-order valence-electron chi connectivity index (χ1n) is 13.3. The Kier molecular flexibility index (Phi) is 22.3. The maximum Gasteiger partial charge on any atom is -0.0412 e. The molecule has 0 amide bonds. The van der Waals surface area contributed by atoms with E-state index in [-0.39, 0.29) is 0 Å². The normalized spacial score (nSPS) is 13.8. The molecule has 0 spiro atoms. The van der Waals surface area contributed by atoms with E-state index in [0.29, 0.717) is 0 Å². The Balaban J connectivity index is 4.09. The Morgan fingerprint density at radius 3 is 1.11 bits per heavy atom. The molecule has 0 saturated heterocycles. The first-order chi connectivity index (χ1) is 13.3. The lowest BCUT2D eigenvalue weighted by Crippen LogP contribution is -2.09. The van der Waals surface area contributed by atoms with Crippen LogP contribution in [0.5, 0.6) is 0 Å². The highest BCUT2D eigenvalue weighted by atomic mass is 14.2. The summed E-state index contributed by atoms with van der Waals surface area (Å²) >= 11 is 0. The highest BCUT2D eigenvalue weighted by Gasteiger charge is 2.15. The van der Waals surface area contributed by atoms with E-state index in [1.54, 1.807) is 0 Å². The predicted molar refractivity (Wildman–Crippen MR) is 127 cm³/mol. The maximum atomic E-state index is 2.45. The lowest BCUT2D eigenvalue weighted by molar-refractivity contribution is 0.294. The summed E-state index contributed by atoms with van der Waals surface area (Å²) in [4.78, 5) is 0. The van der Waals surface area contributed by atoms with E-state index in [9.17, 15) is 0 Å². The van der Waals surface area contributed by atoms with E-state index in [1.807, 2.05) is 0 Å². The molecule has 164 valence electrons. The molecule has 0 aromatic heterocycles. The van der Waals surface area contributed by atoms with Crippen molar-refractivity contribution in [2.45, 2.75) is 163 Å². The molecule has 0 aromatic carbocycles. The minimum Gasteiger partial charge on any atom is -0.0654 e. The van der Waals surface area contributed by atoms with Crippen LogP contribution in [0.3, 0.4) is 0 Å². The molecular weight excluding hydrogens is 324 g/mol. The zero-order chi connectivity index (χ0) is 20.0. The van der Waals surface area contributed by atoms with Crippen molar-refractivity contribution in [2.75, 3.05) is 0 Å². The standard InChI is InChI=1S/C27H56/c1-5-9-12-15-17-20-22-26(8-4)25-27(23-19-14-11-7-3)24-21-18-16-13-10-6-2/h26-27H,5-25H2,1-4H3. The molecule has 27 heavy (non-hydrogen) atoms. The van der Waals surface area contributed by atoms with Crippen LogP contribution in [-0.2, 0) is 0 Å². The van der Waals surface area contributed by atoms with Gasteiger partial charge in [0, 0.05) is 0 Å². The van der Waals surface area contributed by atoms with Crippen LogP contribution in [0.4, 0.5) is 0 Å². The monoisotopic (exact) mass is 380 g/mol. The van der Waals surface area contributed by atoms with E-state index in [2.05, 4.69) is 27.7 Å². The molecule has 0 aliphatic carbocycles.